The highest BCUT2D eigenvalue weighted by Crippen LogP contribution is 2.31. The molecule has 0 aliphatic rings. The first-order chi connectivity index (χ1) is 9.97. The van der Waals surface area contributed by atoms with Crippen LogP contribution in [0.1, 0.15) is 16.1 Å². The summed E-state index contributed by atoms with van der Waals surface area (Å²) in [5.74, 6) is 0.673. The average Bonchev–Trinajstić information content (AvgIpc) is 2.91. The van der Waals surface area contributed by atoms with Gasteiger partial charge in [-0.15, -0.1) is 12.6 Å². The fourth-order valence-corrected chi connectivity index (χ4v) is 2.46. The Bertz CT molecular complexity index is 676. The van der Waals surface area contributed by atoms with Crippen LogP contribution >= 0.6 is 24.2 Å². The first-order valence-electron chi connectivity index (χ1n) is 5.66. The SMILES string of the molecule is O=C(S)c1cc(NS(=O)[O-])c(Cl)cc1NCc1ccco1. The summed E-state index contributed by atoms with van der Waals surface area (Å²) >= 11 is 7.21. The van der Waals surface area contributed by atoms with Crippen LogP contribution in [0.25, 0.3) is 0 Å². The summed E-state index contributed by atoms with van der Waals surface area (Å²) in [6.07, 6.45) is 1.53. The number of furan rings is 1. The number of benzene rings is 1. The van der Waals surface area contributed by atoms with Crippen LogP contribution < -0.4 is 10.0 Å². The summed E-state index contributed by atoms with van der Waals surface area (Å²) in [4.78, 5) is 11.6. The van der Waals surface area contributed by atoms with Crippen LogP contribution in [0.3, 0.4) is 0 Å². The summed E-state index contributed by atoms with van der Waals surface area (Å²) in [6.45, 7) is 0.345. The zero-order chi connectivity index (χ0) is 15.4. The van der Waals surface area contributed by atoms with Crippen molar-refractivity contribution in [3.05, 3.63) is 46.9 Å². The molecule has 0 bridgehead atoms. The van der Waals surface area contributed by atoms with E-state index in [1.54, 1.807) is 12.1 Å². The molecule has 0 aliphatic heterocycles. The zero-order valence-corrected chi connectivity index (χ0v) is 12.9. The normalized spacial score (nSPS) is 12.0. The molecule has 1 aromatic carbocycles. The molecule has 0 saturated heterocycles. The van der Waals surface area contributed by atoms with E-state index in [-0.39, 0.29) is 16.3 Å². The molecule has 6 nitrogen and oxygen atoms in total. The van der Waals surface area contributed by atoms with Crippen LogP contribution in [0.5, 0.6) is 0 Å². The Morgan fingerprint density at radius 1 is 1.43 bits per heavy atom. The summed E-state index contributed by atoms with van der Waals surface area (Å²) in [6, 6.07) is 6.28. The van der Waals surface area contributed by atoms with Gasteiger partial charge in [0.15, 0.2) is 0 Å². The van der Waals surface area contributed by atoms with Crippen LogP contribution in [-0.4, -0.2) is 13.9 Å². The molecule has 2 aromatic rings. The number of halogens is 1. The molecule has 1 atom stereocenters. The second kappa shape index (κ2) is 6.99. The largest absolute Gasteiger partial charge is 0.755 e. The van der Waals surface area contributed by atoms with Gasteiger partial charge in [-0.3, -0.25) is 9.00 Å². The molecule has 2 rings (SSSR count). The Balaban J connectivity index is 2.29. The van der Waals surface area contributed by atoms with Crippen molar-refractivity contribution in [3.63, 3.8) is 0 Å². The second-order valence-electron chi connectivity index (χ2n) is 3.95. The quantitative estimate of drug-likeness (QED) is 0.553. The molecule has 1 heterocycles. The third-order valence-corrected chi connectivity index (χ3v) is 3.50. The van der Waals surface area contributed by atoms with Crippen molar-refractivity contribution in [2.24, 2.45) is 0 Å². The van der Waals surface area contributed by atoms with E-state index in [1.165, 1.54) is 18.4 Å². The molecular weight excluding hydrogens is 336 g/mol. The van der Waals surface area contributed by atoms with Gasteiger partial charge in [0, 0.05) is 17.0 Å². The predicted octanol–water partition coefficient (Wildman–Crippen LogP) is 2.82. The summed E-state index contributed by atoms with van der Waals surface area (Å²) in [7, 11) is 0. The third-order valence-electron chi connectivity index (χ3n) is 2.56. The van der Waals surface area contributed by atoms with Crippen LogP contribution in [0.4, 0.5) is 11.4 Å². The van der Waals surface area contributed by atoms with Gasteiger partial charge in [0.1, 0.15) is 5.76 Å². The van der Waals surface area contributed by atoms with Crippen LogP contribution in [0, 0.1) is 0 Å². The Hall–Kier alpha value is -1.48. The Kier molecular flexibility index (Phi) is 5.29. The molecule has 1 unspecified atom stereocenters. The Labute approximate surface area is 133 Å². The molecule has 0 saturated carbocycles. The third kappa shape index (κ3) is 4.24. The maximum Gasteiger partial charge on any atom is 0.218 e. The van der Waals surface area contributed by atoms with E-state index in [0.29, 0.717) is 18.0 Å². The van der Waals surface area contributed by atoms with Crippen LogP contribution in [0.2, 0.25) is 5.02 Å². The number of carbonyl (C=O) groups is 1. The lowest BCUT2D eigenvalue weighted by molar-refractivity contribution is 0.109. The molecular formula is C12H10ClN2O4S2-. The summed E-state index contributed by atoms with van der Waals surface area (Å²) in [5, 5.41) is 2.62. The highest BCUT2D eigenvalue weighted by molar-refractivity contribution is 7.97. The Morgan fingerprint density at radius 2 is 2.19 bits per heavy atom. The fraction of sp³-hybridized carbons (Fsp3) is 0.0833. The van der Waals surface area contributed by atoms with E-state index < -0.39 is 16.4 Å². The van der Waals surface area contributed by atoms with E-state index >= 15 is 0 Å². The van der Waals surface area contributed by atoms with E-state index in [1.807, 2.05) is 0 Å². The number of hydrogen-bond acceptors (Lipinski definition) is 5. The van der Waals surface area contributed by atoms with Gasteiger partial charge < -0.3 is 19.0 Å². The topological polar surface area (TPSA) is 94.4 Å². The van der Waals surface area contributed by atoms with E-state index in [0.717, 1.165) is 0 Å². The molecule has 9 heteroatoms. The van der Waals surface area contributed by atoms with Crippen molar-refractivity contribution in [2.45, 2.75) is 6.54 Å². The molecule has 0 amide bonds. The number of thiol groups is 1. The highest BCUT2D eigenvalue weighted by atomic mass is 35.5. The van der Waals surface area contributed by atoms with Crippen molar-refractivity contribution < 1.29 is 18.0 Å². The van der Waals surface area contributed by atoms with Gasteiger partial charge >= 0.3 is 0 Å². The number of rotatable bonds is 6. The van der Waals surface area contributed by atoms with E-state index in [9.17, 15) is 13.6 Å². The van der Waals surface area contributed by atoms with Crippen molar-refractivity contribution >= 4 is 52.0 Å². The van der Waals surface area contributed by atoms with Crippen LogP contribution in [0.15, 0.2) is 34.9 Å². The number of anilines is 2. The number of carbonyl (C=O) groups excluding carboxylic acids is 1. The molecule has 0 spiro atoms. The molecule has 0 radical (unpaired) electrons. The molecule has 0 fully saturated rings. The maximum absolute atomic E-state index is 11.6. The lowest BCUT2D eigenvalue weighted by Crippen LogP contribution is -2.07. The number of nitrogens with one attached hydrogen (secondary N) is 2. The minimum absolute atomic E-state index is 0.103. The molecule has 2 N–H and O–H groups in total. The first kappa shape index (κ1) is 15.9. The van der Waals surface area contributed by atoms with Gasteiger partial charge in [0.05, 0.1) is 29.1 Å². The molecule has 21 heavy (non-hydrogen) atoms. The second-order valence-corrected chi connectivity index (χ2v) is 5.44. The van der Waals surface area contributed by atoms with Crippen molar-refractivity contribution in [3.8, 4) is 0 Å². The minimum atomic E-state index is -2.54. The average molecular weight is 346 g/mol. The lowest BCUT2D eigenvalue weighted by Gasteiger charge is -2.15. The minimum Gasteiger partial charge on any atom is -0.755 e. The number of hydrogen-bond donors (Lipinski definition) is 3. The van der Waals surface area contributed by atoms with Crippen LogP contribution in [-0.2, 0) is 17.8 Å². The van der Waals surface area contributed by atoms with Gasteiger partial charge in [-0.25, -0.2) is 0 Å². The van der Waals surface area contributed by atoms with Crippen molar-refractivity contribution in [1.82, 2.24) is 0 Å². The van der Waals surface area contributed by atoms with Gasteiger partial charge in [-0.1, -0.05) is 11.6 Å². The molecule has 1 aromatic heterocycles. The van der Waals surface area contributed by atoms with Crippen molar-refractivity contribution in [2.75, 3.05) is 10.0 Å². The fourth-order valence-electron chi connectivity index (χ4n) is 1.66. The summed E-state index contributed by atoms with van der Waals surface area (Å²) < 4.78 is 28.6. The van der Waals surface area contributed by atoms with Gasteiger partial charge in [-0.05, 0) is 24.3 Å². The molecule has 0 aliphatic carbocycles. The maximum atomic E-state index is 11.6. The Morgan fingerprint density at radius 3 is 2.76 bits per heavy atom. The van der Waals surface area contributed by atoms with Gasteiger partial charge in [0.25, 0.3) is 0 Å². The lowest BCUT2D eigenvalue weighted by atomic mass is 10.1. The molecule has 112 valence electrons. The zero-order valence-electron chi connectivity index (χ0n) is 10.5. The standard InChI is InChI=1S/C12H11ClN2O4S2/c13-9-5-10(14-6-7-2-1-3-19-7)8(12(16)20)4-11(9)15-21(17)18/h1-5,14-15H,6H2,(H,16,20)(H,17,18)/p-1. The monoisotopic (exact) mass is 345 g/mol. The highest BCUT2D eigenvalue weighted by Gasteiger charge is 2.13. The predicted molar refractivity (Wildman–Crippen MR) is 83.3 cm³/mol. The van der Waals surface area contributed by atoms with E-state index in [4.69, 9.17) is 16.0 Å². The van der Waals surface area contributed by atoms with E-state index in [2.05, 4.69) is 22.7 Å². The van der Waals surface area contributed by atoms with Crippen molar-refractivity contribution in [1.29, 1.82) is 0 Å². The smallest absolute Gasteiger partial charge is 0.218 e. The van der Waals surface area contributed by atoms with Gasteiger partial charge in [-0.2, -0.15) is 0 Å². The first-order valence-corrected chi connectivity index (χ1v) is 7.56. The van der Waals surface area contributed by atoms with Gasteiger partial charge in [0.2, 0.25) is 5.12 Å². The summed E-state index contributed by atoms with van der Waals surface area (Å²) in [5.41, 5.74) is 0.729.